The van der Waals surface area contributed by atoms with Crippen LogP contribution in [0, 0.1) is 24.5 Å². The molecule has 0 radical (unpaired) electrons. The smallest absolute Gasteiger partial charge is 0.251 e. The van der Waals surface area contributed by atoms with Crippen molar-refractivity contribution >= 4 is 17.5 Å². The fourth-order valence-electron chi connectivity index (χ4n) is 3.51. The minimum absolute atomic E-state index is 0.141. The van der Waals surface area contributed by atoms with Crippen LogP contribution < -0.4 is 10.6 Å². The lowest BCUT2D eigenvalue weighted by Crippen LogP contribution is -2.53. The number of halogens is 2. The van der Waals surface area contributed by atoms with Crippen LogP contribution in [0.25, 0.3) is 0 Å². The van der Waals surface area contributed by atoms with E-state index in [-0.39, 0.29) is 29.1 Å². The van der Waals surface area contributed by atoms with Crippen LogP contribution in [-0.2, 0) is 4.79 Å². The molecule has 2 amide bonds. The molecule has 1 aliphatic rings. The summed E-state index contributed by atoms with van der Waals surface area (Å²) in [5.41, 5.74) is 1.02. The first-order valence-electron chi connectivity index (χ1n) is 9.93. The number of aryl methyl sites for hydroxylation is 1. The summed E-state index contributed by atoms with van der Waals surface area (Å²) in [4.78, 5) is 25.0. The zero-order valence-electron chi connectivity index (χ0n) is 16.7. The summed E-state index contributed by atoms with van der Waals surface area (Å²) in [6, 6.07) is 10.1. The molecule has 1 atom stereocenters. The summed E-state index contributed by atoms with van der Waals surface area (Å²) < 4.78 is 26.7. The molecule has 0 aromatic heterocycles. The molecular formula is C23H26F2N2O2. The second-order valence-corrected chi connectivity index (χ2v) is 7.99. The van der Waals surface area contributed by atoms with Gasteiger partial charge in [-0.2, -0.15) is 0 Å². The van der Waals surface area contributed by atoms with E-state index >= 15 is 0 Å². The maximum absolute atomic E-state index is 13.8. The van der Waals surface area contributed by atoms with E-state index in [0.717, 1.165) is 19.3 Å². The highest BCUT2D eigenvalue weighted by molar-refractivity contribution is 5.95. The molecule has 2 aromatic carbocycles. The van der Waals surface area contributed by atoms with E-state index < -0.39 is 5.82 Å². The van der Waals surface area contributed by atoms with Crippen molar-refractivity contribution in [2.24, 2.45) is 5.92 Å². The number of carbonyl (C=O) groups is 2. The minimum atomic E-state index is -0.397. The predicted molar refractivity (Wildman–Crippen MR) is 109 cm³/mol. The van der Waals surface area contributed by atoms with Gasteiger partial charge in [0.05, 0.1) is 0 Å². The zero-order valence-corrected chi connectivity index (χ0v) is 16.7. The number of nitrogens with one attached hydrogen (secondary N) is 2. The van der Waals surface area contributed by atoms with Crippen LogP contribution in [0.1, 0.15) is 54.9 Å². The van der Waals surface area contributed by atoms with Gasteiger partial charge in [-0.3, -0.25) is 9.59 Å². The minimum Gasteiger partial charge on any atom is -0.347 e. The van der Waals surface area contributed by atoms with Crippen LogP contribution in [0.2, 0.25) is 0 Å². The van der Waals surface area contributed by atoms with E-state index in [2.05, 4.69) is 10.6 Å². The molecule has 0 spiro atoms. The maximum atomic E-state index is 13.8. The summed E-state index contributed by atoms with van der Waals surface area (Å²) in [6.07, 6.45) is 3.98. The van der Waals surface area contributed by atoms with E-state index in [1.807, 2.05) is 6.92 Å². The highest BCUT2D eigenvalue weighted by Crippen LogP contribution is 2.37. The second-order valence-electron chi connectivity index (χ2n) is 7.99. The van der Waals surface area contributed by atoms with Gasteiger partial charge in [-0.05, 0) is 81.0 Å². The molecule has 0 aliphatic heterocycles. The number of hydrogen-bond acceptors (Lipinski definition) is 2. The standard InChI is InChI=1S/C23H26F2N2O2/c1-15-4-5-17(14-20(15)25)22(29)27-23(11-3-12-23)13-10-16(2)21(28)26-19-8-6-18(24)7-9-19/h4-9,14,16H,3,10-13H2,1-2H3,(H,26,28)(H,27,29)/t16-/m0/s1. The number of anilines is 1. The van der Waals surface area contributed by atoms with E-state index in [0.29, 0.717) is 29.7 Å². The molecule has 1 aliphatic carbocycles. The van der Waals surface area contributed by atoms with Crippen LogP contribution >= 0.6 is 0 Å². The molecule has 2 aromatic rings. The molecule has 4 nitrogen and oxygen atoms in total. The van der Waals surface area contributed by atoms with Crippen molar-refractivity contribution in [3.8, 4) is 0 Å². The third-order valence-corrected chi connectivity index (χ3v) is 5.74. The third-order valence-electron chi connectivity index (χ3n) is 5.74. The largest absolute Gasteiger partial charge is 0.347 e. The monoisotopic (exact) mass is 400 g/mol. The van der Waals surface area contributed by atoms with Crippen molar-refractivity contribution in [3.05, 3.63) is 65.2 Å². The Morgan fingerprint density at radius 1 is 1.10 bits per heavy atom. The highest BCUT2D eigenvalue weighted by atomic mass is 19.1. The first-order chi connectivity index (χ1) is 13.8. The van der Waals surface area contributed by atoms with E-state index in [1.54, 1.807) is 19.1 Å². The van der Waals surface area contributed by atoms with Crippen LogP contribution in [0.15, 0.2) is 42.5 Å². The number of benzene rings is 2. The lowest BCUT2D eigenvalue weighted by atomic mass is 9.72. The first-order valence-corrected chi connectivity index (χ1v) is 9.93. The van der Waals surface area contributed by atoms with Gasteiger partial charge in [-0.25, -0.2) is 8.78 Å². The van der Waals surface area contributed by atoms with E-state index in [4.69, 9.17) is 0 Å². The second kappa shape index (κ2) is 8.72. The average molecular weight is 400 g/mol. The molecule has 0 bridgehead atoms. The summed E-state index contributed by atoms with van der Waals surface area (Å²) in [6.45, 7) is 3.49. The van der Waals surface area contributed by atoms with Crippen molar-refractivity contribution in [2.45, 2.75) is 51.5 Å². The molecule has 29 heavy (non-hydrogen) atoms. The Morgan fingerprint density at radius 2 is 1.79 bits per heavy atom. The number of carbonyl (C=O) groups excluding carboxylic acids is 2. The molecule has 2 N–H and O–H groups in total. The Bertz CT molecular complexity index is 892. The Labute approximate surface area is 169 Å². The van der Waals surface area contributed by atoms with Crippen molar-refractivity contribution in [3.63, 3.8) is 0 Å². The zero-order chi connectivity index (χ0) is 21.0. The van der Waals surface area contributed by atoms with Crippen LogP contribution in [0.4, 0.5) is 14.5 Å². The molecule has 0 heterocycles. The van der Waals surface area contributed by atoms with Crippen LogP contribution in [0.3, 0.4) is 0 Å². The molecule has 3 rings (SSSR count). The van der Waals surface area contributed by atoms with Crippen molar-refractivity contribution in [2.75, 3.05) is 5.32 Å². The van der Waals surface area contributed by atoms with Gasteiger partial charge in [0.15, 0.2) is 0 Å². The van der Waals surface area contributed by atoms with Gasteiger partial charge in [0.25, 0.3) is 5.91 Å². The highest BCUT2D eigenvalue weighted by Gasteiger charge is 2.38. The van der Waals surface area contributed by atoms with Crippen LogP contribution in [-0.4, -0.2) is 17.4 Å². The van der Waals surface area contributed by atoms with Crippen LogP contribution in [0.5, 0.6) is 0 Å². The fourth-order valence-corrected chi connectivity index (χ4v) is 3.51. The van der Waals surface area contributed by atoms with Gasteiger partial charge in [0.2, 0.25) is 5.91 Å². The van der Waals surface area contributed by atoms with Gasteiger partial charge in [-0.15, -0.1) is 0 Å². The topological polar surface area (TPSA) is 58.2 Å². The number of amides is 2. The Balaban J connectivity index is 1.55. The molecule has 1 saturated carbocycles. The molecule has 1 fully saturated rings. The quantitative estimate of drug-likeness (QED) is 0.689. The molecule has 0 unspecified atom stereocenters. The van der Waals surface area contributed by atoms with Gasteiger partial charge in [0.1, 0.15) is 11.6 Å². The lowest BCUT2D eigenvalue weighted by Gasteiger charge is -2.43. The normalized spacial score (nSPS) is 15.9. The molecule has 154 valence electrons. The summed E-state index contributed by atoms with van der Waals surface area (Å²) >= 11 is 0. The Morgan fingerprint density at radius 3 is 2.38 bits per heavy atom. The molecule has 6 heteroatoms. The predicted octanol–water partition coefficient (Wildman–Crippen LogP) is 4.98. The molecular weight excluding hydrogens is 374 g/mol. The van der Waals surface area contributed by atoms with Crippen molar-refractivity contribution < 1.29 is 18.4 Å². The maximum Gasteiger partial charge on any atom is 0.251 e. The van der Waals surface area contributed by atoms with E-state index in [9.17, 15) is 18.4 Å². The Kier molecular flexibility index (Phi) is 6.30. The van der Waals surface area contributed by atoms with E-state index in [1.165, 1.54) is 30.3 Å². The van der Waals surface area contributed by atoms with Crippen molar-refractivity contribution in [1.29, 1.82) is 0 Å². The summed E-state index contributed by atoms with van der Waals surface area (Å²) in [7, 11) is 0. The molecule has 0 saturated heterocycles. The average Bonchev–Trinajstić information content (AvgIpc) is 2.67. The summed E-state index contributed by atoms with van der Waals surface area (Å²) in [5, 5.41) is 5.85. The fraction of sp³-hybridized carbons (Fsp3) is 0.391. The third kappa shape index (κ3) is 5.19. The Hall–Kier alpha value is -2.76. The van der Waals surface area contributed by atoms with Gasteiger partial charge >= 0.3 is 0 Å². The van der Waals surface area contributed by atoms with Gasteiger partial charge in [0, 0.05) is 22.7 Å². The first kappa shape index (κ1) is 21.0. The van der Waals surface area contributed by atoms with Crippen molar-refractivity contribution in [1.82, 2.24) is 5.32 Å². The lowest BCUT2D eigenvalue weighted by molar-refractivity contribution is -0.119. The SMILES string of the molecule is Cc1ccc(C(=O)NC2(CC[C@H](C)C(=O)Nc3ccc(F)cc3)CCC2)cc1F. The number of hydrogen-bond donors (Lipinski definition) is 2. The summed E-state index contributed by atoms with van der Waals surface area (Å²) in [5.74, 6) is -1.44. The van der Waals surface area contributed by atoms with Gasteiger partial charge in [-0.1, -0.05) is 13.0 Å². The number of rotatable bonds is 7. The van der Waals surface area contributed by atoms with Gasteiger partial charge < -0.3 is 10.6 Å².